The van der Waals surface area contributed by atoms with Crippen molar-refractivity contribution in [3.63, 3.8) is 0 Å². The van der Waals surface area contributed by atoms with Gasteiger partial charge in [-0.25, -0.2) is 0 Å². The average Bonchev–Trinajstić information content (AvgIpc) is 3.06. The summed E-state index contributed by atoms with van der Waals surface area (Å²) in [5.74, 6) is 0.141. The fraction of sp³-hybridized carbons (Fsp3) is 0.647. The lowest BCUT2D eigenvalue weighted by molar-refractivity contribution is -0.136. The molecule has 0 aliphatic carbocycles. The van der Waals surface area contributed by atoms with E-state index in [4.69, 9.17) is 10.2 Å². The lowest BCUT2D eigenvalue weighted by Crippen LogP contribution is -2.54. The fourth-order valence-corrected chi connectivity index (χ4v) is 2.97. The van der Waals surface area contributed by atoms with Gasteiger partial charge in [0, 0.05) is 19.1 Å². The first kappa shape index (κ1) is 20.5. The van der Waals surface area contributed by atoms with Crippen molar-refractivity contribution in [1.29, 1.82) is 0 Å². The first-order chi connectivity index (χ1) is 10.9. The highest BCUT2D eigenvalue weighted by Crippen LogP contribution is 2.20. The summed E-state index contributed by atoms with van der Waals surface area (Å²) in [7, 11) is 0. The molecular formula is C17H28ClN3O3. The quantitative estimate of drug-likeness (QED) is 0.844. The molecule has 0 aromatic carbocycles. The second-order valence-electron chi connectivity index (χ2n) is 6.72. The van der Waals surface area contributed by atoms with Gasteiger partial charge in [-0.3, -0.25) is 9.59 Å². The predicted molar refractivity (Wildman–Crippen MR) is 95.0 cm³/mol. The number of nitrogens with one attached hydrogen (secondary N) is 1. The summed E-state index contributed by atoms with van der Waals surface area (Å²) in [6, 6.07) is 2.75. The molecule has 3 N–H and O–H groups in total. The SMILES string of the molecule is CC(C)C(NC(=O)c1ccco1)C(=O)N1CCCC(C(C)N)C1.Cl. The van der Waals surface area contributed by atoms with Crippen molar-refractivity contribution < 1.29 is 14.0 Å². The van der Waals surface area contributed by atoms with Crippen molar-refractivity contribution in [3.05, 3.63) is 24.2 Å². The molecule has 2 heterocycles. The molecule has 1 aliphatic heterocycles. The van der Waals surface area contributed by atoms with E-state index in [0.29, 0.717) is 12.5 Å². The number of halogens is 1. The van der Waals surface area contributed by atoms with Gasteiger partial charge in [0.25, 0.3) is 5.91 Å². The summed E-state index contributed by atoms with van der Waals surface area (Å²) in [5.41, 5.74) is 5.99. The van der Waals surface area contributed by atoms with E-state index in [2.05, 4.69) is 5.32 Å². The monoisotopic (exact) mass is 357 g/mol. The Morgan fingerprint density at radius 1 is 1.38 bits per heavy atom. The van der Waals surface area contributed by atoms with Crippen LogP contribution in [0.15, 0.2) is 22.8 Å². The number of carbonyl (C=O) groups is 2. The lowest BCUT2D eigenvalue weighted by Gasteiger charge is -2.37. The molecule has 1 fully saturated rings. The van der Waals surface area contributed by atoms with Crippen LogP contribution in [0, 0.1) is 11.8 Å². The van der Waals surface area contributed by atoms with Gasteiger partial charge >= 0.3 is 0 Å². The number of likely N-dealkylation sites (tertiary alicyclic amines) is 1. The second kappa shape index (κ2) is 9.08. The summed E-state index contributed by atoms with van der Waals surface area (Å²) in [5, 5.41) is 2.80. The number of amides is 2. The van der Waals surface area contributed by atoms with Crippen LogP contribution in [0.3, 0.4) is 0 Å². The minimum Gasteiger partial charge on any atom is -0.459 e. The molecule has 0 radical (unpaired) electrons. The van der Waals surface area contributed by atoms with Crippen LogP contribution in [0.25, 0.3) is 0 Å². The number of nitrogens with two attached hydrogens (primary N) is 1. The van der Waals surface area contributed by atoms with Gasteiger partial charge in [-0.15, -0.1) is 12.4 Å². The van der Waals surface area contributed by atoms with Crippen molar-refractivity contribution in [1.82, 2.24) is 10.2 Å². The van der Waals surface area contributed by atoms with Crippen LogP contribution < -0.4 is 11.1 Å². The van der Waals surface area contributed by atoms with Crippen LogP contribution in [0.1, 0.15) is 44.2 Å². The predicted octanol–water partition coefficient (Wildman–Crippen LogP) is 2.04. The Kier molecular flexibility index (Phi) is 7.76. The van der Waals surface area contributed by atoms with E-state index < -0.39 is 6.04 Å². The third kappa shape index (κ3) is 4.98. The summed E-state index contributed by atoms with van der Waals surface area (Å²) >= 11 is 0. The lowest BCUT2D eigenvalue weighted by atomic mass is 9.91. The van der Waals surface area contributed by atoms with Gasteiger partial charge < -0.3 is 20.4 Å². The fourth-order valence-electron chi connectivity index (χ4n) is 2.97. The Balaban J connectivity index is 0.00000288. The van der Waals surface area contributed by atoms with E-state index in [1.807, 2.05) is 25.7 Å². The van der Waals surface area contributed by atoms with Crippen LogP contribution >= 0.6 is 12.4 Å². The van der Waals surface area contributed by atoms with Crippen molar-refractivity contribution in [3.8, 4) is 0 Å². The third-order valence-corrected chi connectivity index (χ3v) is 4.48. The normalized spacial score (nSPS) is 20.2. The molecule has 1 aromatic rings. The van der Waals surface area contributed by atoms with Crippen LogP contribution in [-0.2, 0) is 4.79 Å². The highest BCUT2D eigenvalue weighted by atomic mass is 35.5. The van der Waals surface area contributed by atoms with Crippen molar-refractivity contribution in [2.45, 2.75) is 45.7 Å². The van der Waals surface area contributed by atoms with Gasteiger partial charge in [0.2, 0.25) is 5.91 Å². The molecule has 0 saturated carbocycles. The van der Waals surface area contributed by atoms with Gasteiger partial charge in [0.05, 0.1) is 6.26 Å². The summed E-state index contributed by atoms with van der Waals surface area (Å²) in [6.07, 6.45) is 3.44. The first-order valence-electron chi connectivity index (χ1n) is 8.29. The van der Waals surface area contributed by atoms with Gasteiger partial charge in [0.15, 0.2) is 5.76 Å². The minimum atomic E-state index is -0.556. The molecule has 1 aliphatic rings. The van der Waals surface area contributed by atoms with Crippen LogP contribution in [-0.4, -0.2) is 41.9 Å². The molecule has 3 unspecified atom stereocenters. The summed E-state index contributed by atoms with van der Waals surface area (Å²) < 4.78 is 5.10. The Hall–Kier alpha value is -1.53. The van der Waals surface area contributed by atoms with E-state index in [1.165, 1.54) is 6.26 Å². The van der Waals surface area contributed by atoms with Crippen LogP contribution in [0.4, 0.5) is 0 Å². The van der Waals surface area contributed by atoms with Crippen molar-refractivity contribution in [2.24, 2.45) is 17.6 Å². The molecule has 2 rings (SSSR count). The number of carbonyl (C=O) groups excluding carboxylic acids is 2. The Bertz CT molecular complexity index is 531. The number of furan rings is 1. The minimum absolute atomic E-state index is 0. The number of hydrogen-bond acceptors (Lipinski definition) is 4. The summed E-state index contributed by atoms with van der Waals surface area (Å²) in [4.78, 5) is 26.9. The van der Waals surface area contributed by atoms with Gasteiger partial charge in [0.1, 0.15) is 6.04 Å². The molecule has 1 aromatic heterocycles. The van der Waals surface area contributed by atoms with Gasteiger partial charge in [-0.1, -0.05) is 13.8 Å². The Morgan fingerprint density at radius 2 is 2.08 bits per heavy atom. The zero-order valence-electron chi connectivity index (χ0n) is 14.5. The molecule has 0 bridgehead atoms. The van der Waals surface area contributed by atoms with E-state index in [0.717, 1.165) is 19.4 Å². The molecule has 7 heteroatoms. The van der Waals surface area contributed by atoms with Crippen LogP contribution in [0.2, 0.25) is 0 Å². The highest BCUT2D eigenvalue weighted by molar-refractivity contribution is 5.95. The van der Waals surface area contributed by atoms with E-state index in [1.54, 1.807) is 12.1 Å². The number of nitrogens with zero attached hydrogens (tertiary/aromatic N) is 1. The molecule has 3 atom stereocenters. The maximum atomic E-state index is 12.9. The largest absolute Gasteiger partial charge is 0.459 e. The molecule has 6 nitrogen and oxygen atoms in total. The maximum Gasteiger partial charge on any atom is 0.287 e. The first-order valence-corrected chi connectivity index (χ1v) is 8.29. The maximum absolute atomic E-state index is 12.9. The van der Waals surface area contributed by atoms with Crippen LogP contribution in [0.5, 0.6) is 0 Å². The van der Waals surface area contributed by atoms with Gasteiger partial charge in [-0.2, -0.15) is 0 Å². The Labute approximate surface area is 149 Å². The molecular weight excluding hydrogens is 330 g/mol. The Morgan fingerprint density at radius 3 is 2.62 bits per heavy atom. The van der Waals surface area contributed by atoms with E-state index in [9.17, 15) is 9.59 Å². The molecule has 136 valence electrons. The van der Waals surface area contributed by atoms with Gasteiger partial charge in [-0.05, 0) is 43.7 Å². The number of hydrogen-bond donors (Lipinski definition) is 2. The zero-order chi connectivity index (χ0) is 17.0. The molecule has 2 amide bonds. The standard InChI is InChI=1S/C17H27N3O3.ClH/c1-11(2)15(19-16(21)14-7-5-9-23-14)17(22)20-8-4-6-13(10-20)12(3)18;/h5,7,9,11-13,15H,4,6,8,10,18H2,1-3H3,(H,19,21);1H. The molecule has 0 spiro atoms. The molecule has 1 saturated heterocycles. The molecule has 24 heavy (non-hydrogen) atoms. The number of piperidine rings is 1. The van der Waals surface area contributed by atoms with E-state index in [-0.39, 0.29) is 41.9 Å². The highest BCUT2D eigenvalue weighted by Gasteiger charge is 2.33. The third-order valence-electron chi connectivity index (χ3n) is 4.48. The van der Waals surface area contributed by atoms with E-state index >= 15 is 0 Å². The number of rotatable bonds is 5. The summed E-state index contributed by atoms with van der Waals surface area (Å²) in [6.45, 7) is 7.23. The van der Waals surface area contributed by atoms with Crippen molar-refractivity contribution >= 4 is 24.2 Å². The second-order valence-corrected chi connectivity index (χ2v) is 6.72. The topological polar surface area (TPSA) is 88.6 Å². The smallest absolute Gasteiger partial charge is 0.287 e. The van der Waals surface area contributed by atoms with Crippen molar-refractivity contribution in [2.75, 3.05) is 13.1 Å². The zero-order valence-corrected chi connectivity index (χ0v) is 15.3. The average molecular weight is 358 g/mol.